The van der Waals surface area contributed by atoms with Crippen LogP contribution in [-0.4, -0.2) is 22.7 Å². The summed E-state index contributed by atoms with van der Waals surface area (Å²) in [7, 11) is 0. The van der Waals surface area contributed by atoms with E-state index in [1.807, 2.05) is 24.3 Å². The van der Waals surface area contributed by atoms with E-state index in [0.717, 1.165) is 16.6 Å². The van der Waals surface area contributed by atoms with Crippen LogP contribution in [-0.2, 0) is 4.74 Å². The van der Waals surface area contributed by atoms with E-state index in [1.165, 1.54) is 12.1 Å². The second-order valence-electron chi connectivity index (χ2n) is 7.01. The number of benzene rings is 3. The molecule has 0 saturated carbocycles. The predicted molar refractivity (Wildman–Crippen MR) is 118 cm³/mol. The third-order valence-corrected chi connectivity index (χ3v) is 5.00. The molecule has 0 saturated heterocycles. The van der Waals surface area contributed by atoms with Crippen molar-refractivity contribution in [1.29, 1.82) is 0 Å². The smallest absolute Gasteiger partial charge is 0.338 e. The van der Waals surface area contributed by atoms with Crippen LogP contribution in [0, 0.1) is 5.82 Å². The van der Waals surface area contributed by atoms with Crippen molar-refractivity contribution in [2.24, 2.45) is 0 Å². The standard InChI is InChI=1S/C25H21FN2O3/c1-2-31-25(30)18-7-12-20(13-8-18)28-22(17-5-10-19(26)11-6-17)21-14-9-16-4-3-15-27-23(16)24(21)29/h3-15,22,28-29H,2H2,1H3. The van der Waals surface area contributed by atoms with Crippen LogP contribution in [0.4, 0.5) is 10.1 Å². The van der Waals surface area contributed by atoms with Crippen molar-refractivity contribution in [3.8, 4) is 5.75 Å². The SMILES string of the molecule is CCOC(=O)c1ccc(NC(c2ccc(F)cc2)c2ccc3cccnc3c2O)cc1. The number of nitrogens with one attached hydrogen (secondary N) is 1. The summed E-state index contributed by atoms with van der Waals surface area (Å²) in [4.78, 5) is 16.2. The molecule has 156 valence electrons. The molecule has 1 atom stereocenters. The summed E-state index contributed by atoms with van der Waals surface area (Å²) < 4.78 is 18.5. The minimum Gasteiger partial charge on any atom is -0.505 e. The molecule has 4 aromatic rings. The van der Waals surface area contributed by atoms with Crippen LogP contribution in [0.3, 0.4) is 0 Å². The summed E-state index contributed by atoms with van der Waals surface area (Å²) in [6.07, 6.45) is 1.63. The molecule has 31 heavy (non-hydrogen) atoms. The van der Waals surface area contributed by atoms with Gasteiger partial charge in [0, 0.05) is 22.8 Å². The Hall–Kier alpha value is -3.93. The monoisotopic (exact) mass is 416 g/mol. The molecule has 1 aromatic heterocycles. The summed E-state index contributed by atoms with van der Waals surface area (Å²) in [5.74, 6) is -0.670. The summed E-state index contributed by atoms with van der Waals surface area (Å²) in [6.45, 7) is 2.06. The zero-order valence-electron chi connectivity index (χ0n) is 16.9. The Balaban J connectivity index is 1.73. The van der Waals surface area contributed by atoms with Crippen molar-refractivity contribution in [3.63, 3.8) is 0 Å². The molecule has 0 fully saturated rings. The van der Waals surface area contributed by atoms with Crippen molar-refractivity contribution >= 4 is 22.6 Å². The maximum Gasteiger partial charge on any atom is 0.338 e. The number of fused-ring (bicyclic) bond motifs is 1. The van der Waals surface area contributed by atoms with Crippen LogP contribution < -0.4 is 5.32 Å². The molecule has 6 heteroatoms. The molecule has 0 aliphatic heterocycles. The van der Waals surface area contributed by atoms with Gasteiger partial charge in [-0.05, 0) is 55.0 Å². The molecular formula is C25H21FN2O3. The summed E-state index contributed by atoms with van der Waals surface area (Å²) in [6, 6.07) is 19.9. The van der Waals surface area contributed by atoms with Gasteiger partial charge in [-0.2, -0.15) is 0 Å². The molecule has 3 aromatic carbocycles. The van der Waals surface area contributed by atoms with Gasteiger partial charge < -0.3 is 15.2 Å². The van der Waals surface area contributed by atoms with Crippen LogP contribution in [0.2, 0.25) is 0 Å². The van der Waals surface area contributed by atoms with E-state index < -0.39 is 6.04 Å². The van der Waals surface area contributed by atoms with Gasteiger partial charge in [-0.1, -0.05) is 30.3 Å². The Kier molecular flexibility index (Phi) is 5.80. The van der Waals surface area contributed by atoms with Crippen LogP contribution >= 0.6 is 0 Å². The molecule has 0 radical (unpaired) electrons. The van der Waals surface area contributed by atoms with Gasteiger partial charge in [0.25, 0.3) is 0 Å². The Labute approximate surface area is 179 Å². The first kappa shape index (κ1) is 20.3. The van der Waals surface area contributed by atoms with Crippen LogP contribution in [0.5, 0.6) is 5.75 Å². The second kappa shape index (κ2) is 8.83. The molecule has 0 aliphatic rings. The number of hydrogen-bond donors (Lipinski definition) is 2. The number of phenolic OH excluding ortho intramolecular Hbond substituents is 1. The number of carbonyl (C=O) groups is 1. The molecule has 1 unspecified atom stereocenters. The molecule has 0 amide bonds. The number of phenols is 1. The number of carbonyl (C=O) groups excluding carboxylic acids is 1. The highest BCUT2D eigenvalue weighted by molar-refractivity contribution is 5.90. The zero-order valence-corrected chi connectivity index (χ0v) is 16.9. The van der Waals surface area contributed by atoms with Crippen molar-refractivity contribution < 1.29 is 19.0 Å². The number of aromatic hydroxyl groups is 1. The van der Waals surface area contributed by atoms with E-state index >= 15 is 0 Å². The number of ether oxygens (including phenoxy) is 1. The van der Waals surface area contributed by atoms with Crippen molar-refractivity contribution in [2.75, 3.05) is 11.9 Å². The largest absolute Gasteiger partial charge is 0.505 e. The number of nitrogens with zero attached hydrogens (tertiary/aromatic N) is 1. The third kappa shape index (κ3) is 4.33. The Morgan fingerprint density at radius 1 is 1.06 bits per heavy atom. The fourth-order valence-corrected chi connectivity index (χ4v) is 3.46. The first-order chi connectivity index (χ1) is 15.1. The minimum atomic E-state index is -0.472. The first-order valence-electron chi connectivity index (χ1n) is 9.92. The molecule has 2 N–H and O–H groups in total. The van der Waals surface area contributed by atoms with Gasteiger partial charge in [0.2, 0.25) is 0 Å². The number of aromatic nitrogens is 1. The number of anilines is 1. The quantitative estimate of drug-likeness (QED) is 0.409. The van der Waals surface area contributed by atoms with E-state index in [0.29, 0.717) is 23.3 Å². The number of esters is 1. The molecule has 0 spiro atoms. The highest BCUT2D eigenvalue weighted by Gasteiger charge is 2.20. The zero-order chi connectivity index (χ0) is 21.8. The minimum absolute atomic E-state index is 0.0584. The van der Waals surface area contributed by atoms with Crippen molar-refractivity contribution in [2.45, 2.75) is 13.0 Å². The topological polar surface area (TPSA) is 71.5 Å². The predicted octanol–water partition coefficient (Wildman–Crippen LogP) is 5.46. The van der Waals surface area contributed by atoms with E-state index in [9.17, 15) is 14.3 Å². The molecular weight excluding hydrogens is 395 g/mol. The molecule has 0 aliphatic carbocycles. The first-order valence-corrected chi connectivity index (χ1v) is 9.92. The van der Waals surface area contributed by atoms with Crippen LogP contribution in [0.1, 0.15) is 34.5 Å². The van der Waals surface area contributed by atoms with Gasteiger partial charge in [0.15, 0.2) is 0 Å². The van der Waals surface area contributed by atoms with E-state index in [-0.39, 0.29) is 17.5 Å². The van der Waals surface area contributed by atoms with Crippen molar-refractivity contribution in [3.05, 3.63) is 102 Å². The third-order valence-electron chi connectivity index (χ3n) is 5.00. The van der Waals surface area contributed by atoms with E-state index in [4.69, 9.17) is 4.74 Å². The Morgan fingerprint density at radius 3 is 2.52 bits per heavy atom. The number of halogens is 1. The fourth-order valence-electron chi connectivity index (χ4n) is 3.46. The molecule has 5 nitrogen and oxygen atoms in total. The summed E-state index contributed by atoms with van der Waals surface area (Å²) in [5.41, 5.74) is 3.03. The van der Waals surface area contributed by atoms with Gasteiger partial charge in [-0.25, -0.2) is 9.18 Å². The Bertz CT molecular complexity index is 1210. The maximum atomic E-state index is 13.5. The lowest BCUT2D eigenvalue weighted by molar-refractivity contribution is 0.0526. The van der Waals surface area contributed by atoms with Crippen LogP contribution in [0.15, 0.2) is 79.0 Å². The fraction of sp³-hybridized carbons (Fsp3) is 0.120. The average Bonchev–Trinajstić information content (AvgIpc) is 2.79. The molecule has 1 heterocycles. The maximum absolute atomic E-state index is 13.5. The van der Waals surface area contributed by atoms with Gasteiger partial charge in [0.1, 0.15) is 17.1 Å². The van der Waals surface area contributed by atoms with Gasteiger partial charge in [-0.3, -0.25) is 4.98 Å². The molecule has 4 rings (SSSR count). The number of rotatable bonds is 6. The van der Waals surface area contributed by atoms with Crippen molar-refractivity contribution in [1.82, 2.24) is 4.98 Å². The Morgan fingerprint density at radius 2 is 1.81 bits per heavy atom. The summed E-state index contributed by atoms with van der Waals surface area (Å²) in [5, 5.41) is 15.1. The second-order valence-corrected chi connectivity index (χ2v) is 7.01. The lowest BCUT2D eigenvalue weighted by atomic mass is 9.96. The average molecular weight is 416 g/mol. The summed E-state index contributed by atoms with van der Waals surface area (Å²) >= 11 is 0. The van der Waals surface area contributed by atoms with Crippen LogP contribution in [0.25, 0.3) is 10.9 Å². The lowest BCUT2D eigenvalue weighted by Crippen LogP contribution is -2.13. The number of hydrogen-bond acceptors (Lipinski definition) is 5. The molecule has 0 bridgehead atoms. The highest BCUT2D eigenvalue weighted by atomic mass is 19.1. The van der Waals surface area contributed by atoms with Gasteiger partial charge >= 0.3 is 5.97 Å². The lowest BCUT2D eigenvalue weighted by Gasteiger charge is -2.22. The van der Waals surface area contributed by atoms with E-state index in [2.05, 4.69) is 10.3 Å². The normalized spacial score (nSPS) is 11.8. The van der Waals surface area contributed by atoms with Gasteiger partial charge in [-0.15, -0.1) is 0 Å². The van der Waals surface area contributed by atoms with E-state index in [1.54, 1.807) is 49.5 Å². The highest BCUT2D eigenvalue weighted by Crippen LogP contribution is 2.36. The van der Waals surface area contributed by atoms with Gasteiger partial charge in [0.05, 0.1) is 18.2 Å². The number of pyridine rings is 1.